The maximum Gasteiger partial charge on any atom is 0.338 e. The van der Waals surface area contributed by atoms with Crippen LogP contribution in [0.5, 0.6) is 11.5 Å². The Bertz CT molecular complexity index is 2420. The first kappa shape index (κ1) is 53.9. The smallest absolute Gasteiger partial charge is 0.338 e. The molecule has 0 N–H and O–H groups in total. The van der Waals surface area contributed by atoms with Crippen molar-refractivity contribution in [2.24, 2.45) is 0 Å². The predicted octanol–water partition coefficient (Wildman–Crippen LogP) is 10.3. The highest BCUT2D eigenvalue weighted by molar-refractivity contribution is 6.77. The zero-order valence-corrected chi connectivity index (χ0v) is 43.3. The van der Waals surface area contributed by atoms with E-state index in [9.17, 15) is 14.4 Å². The van der Waals surface area contributed by atoms with Gasteiger partial charge in [-0.2, -0.15) is 0 Å². The number of hydrogen-bond donors (Lipinski definition) is 0. The summed E-state index contributed by atoms with van der Waals surface area (Å²) in [5.74, 6) is -1.16. The van der Waals surface area contributed by atoms with Crippen molar-refractivity contribution in [3.63, 3.8) is 0 Å². The second-order valence-electron chi connectivity index (χ2n) is 18.9. The molecule has 2 saturated heterocycles. The number of ether oxygens (including phenoxy) is 10. The van der Waals surface area contributed by atoms with Crippen LogP contribution in [0, 0.1) is 0 Å². The van der Waals surface area contributed by atoms with Crippen LogP contribution in [0.3, 0.4) is 0 Å². The Morgan fingerprint density at radius 2 is 1.06 bits per heavy atom. The Labute approximate surface area is 424 Å². The van der Waals surface area contributed by atoms with Crippen molar-refractivity contribution in [3.8, 4) is 11.5 Å². The third-order valence-electron chi connectivity index (χ3n) is 13.1. The van der Waals surface area contributed by atoms with E-state index in [-0.39, 0.29) is 54.2 Å². The van der Waals surface area contributed by atoms with Crippen molar-refractivity contribution >= 4 is 26.2 Å². The number of hydrogen-bond acceptors (Lipinski definition) is 14. The third kappa shape index (κ3) is 13.6. The van der Waals surface area contributed by atoms with Crippen LogP contribution >= 0.6 is 0 Å². The Kier molecular flexibility index (Phi) is 19.2. The van der Waals surface area contributed by atoms with E-state index >= 15 is 0 Å². The van der Waals surface area contributed by atoms with Gasteiger partial charge < -0.3 is 51.8 Å². The molecule has 15 heteroatoms. The zero-order valence-electron chi connectivity index (χ0n) is 42.3. The second kappa shape index (κ2) is 25.7. The summed E-state index contributed by atoms with van der Waals surface area (Å²) in [6, 6.07) is 43.0. The minimum atomic E-state index is -2.75. The molecule has 72 heavy (non-hydrogen) atoms. The number of esters is 3. The van der Waals surface area contributed by atoms with Gasteiger partial charge >= 0.3 is 17.9 Å². The van der Waals surface area contributed by atoms with E-state index in [4.69, 9.17) is 51.8 Å². The molecule has 0 amide bonds. The van der Waals surface area contributed by atoms with Crippen LogP contribution < -0.4 is 9.47 Å². The molecule has 0 bridgehead atoms. The SMILES string of the molecule is COc1ccc(O[C@H]2OC[C@@H](O[C@H]3O[C@H](COCc4ccccc4)[C@@H](O[Si](C(C)C)(C(C)C)C(C)C)[C@H](OCc4ccccc4)[C@@H]3OC(C)=O)[C@H](OC(=O)c3ccccc3)[C@H]2OC(=O)c2ccccc2)cc1. The van der Waals surface area contributed by atoms with Crippen LogP contribution in [0.2, 0.25) is 16.6 Å². The molecule has 14 nitrogen and oxygen atoms in total. The van der Waals surface area contributed by atoms with Crippen LogP contribution in [0.15, 0.2) is 146 Å². The molecular formula is C57H68O14Si. The number of benzene rings is 5. The molecule has 2 aliphatic heterocycles. The van der Waals surface area contributed by atoms with Crippen molar-refractivity contribution in [2.75, 3.05) is 20.3 Å². The van der Waals surface area contributed by atoms with Crippen LogP contribution in [-0.2, 0) is 60.3 Å². The Morgan fingerprint density at radius 3 is 1.57 bits per heavy atom. The van der Waals surface area contributed by atoms with E-state index < -0.39 is 81.5 Å². The standard InChI is InChI=1S/C57H68O14Si/c1-37(2)72(38(3)4,39(5)6)71-50-47(35-62-33-41-21-13-9-14-22-41)67-57(53(65-40(7)58)51(50)63-34-42-23-15-10-16-24-42)68-48-36-64-56(66-46-31-29-45(61-8)30-32-46)52(70-55(60)44-27-19-12-20-28-44)49(48)69-54(59)43-25-17-11-18-26-43/h9-32,37-39,47-53,56-57H,33-36H2,1-8H3/t47-,48-,49+,50-,51+,52-,53+,56-,57-/m1/s1. The molecule has 9 atom stereocenters. The Hall–Kier alpha value is -5.91. The summed E-state index contributed by atoms with van der Waals surface area (Å²) >= 11 is 0. The molecule has 2 heterocycles. The van der Waals surface area contributed by atoms with E-state index in [2.05, 4.69) is 41.5 Å². The Morgan fingerprint density at radius 1 is 0.569 bits per heavy atom. The number of carbonyl (C=O) groups is 3. The fraction of sp³-hybridized carbons (Fsp3) is 0.421. The van der Waals surface area contributed by atoms with Gasteiger partial charge in [0.25, 0.3) is 0 Å². The van der Waals surface area contributed by atoms with Crippen LogP contribution in [0.1, 0.15) is 80.3 Å². The van der Waals surface area contributed by atoms with Gasteiger partial charge in [-0.05, 0) is 76.3 Å². The number of methoxy groups -OCH3 is 1. The summed E-state index contributed by atoms with van der Waals surface area (Å²) in [4.78, 5) is 41.7. The number of rotatable bonds is 22. The van der Waals surface area contributed by atoms with Gasteiger partial charge in [-0.1, -0.05) is 139 Å². The maximum atomic E-state index is 14.2. The highest BCUT2D eigenvalue weighted by atomic mass is 28.4. The molecular weight excluding hydrogens is 937 g/mol. The van der Waals surface area contributed by atoms with Crippen molar-refractivity contribution < 1.29 is 66.2 Å². The first-order valence-corrected chi connectivity index (χ1v) is 26.8. The van der Waals surface area contributed by atoms with E-state index in [1.807, 2.05) is 60.7 Å². The molecule has 0 radical (unpaired) electrons. The van der Waals surface area contributed by atoms with E-state index in [0.717, 1.165) is 11.1 Å². The second-order valence-corrected chi connectivity index (χ2v) is 24.3. The Balaban J connectivity index is 1.32. The molecule has 2 aliphatic rings. The fourth-order valence-electron chi connectivity index (χ4n) is 9.77. The summed E-state index contributed by atoms with van der Waals surface area (Å²) in [7, 11) is -1.20. The fourth-order valence-corrected chi connectivity index (χ4v) is 15.3. The topological polar surface area (TPSA) is 153 Å². The van der Waals surface area contributed by atoms with Crippen molar-refractivity contribution in [1.29, 1.82) is 0 Å². The predicted molar refractivity (Wildman–Crippen MR) is 271 cm³/mol. The van der Waals surface area contributed by atoms with Crippen LogP contribution in [0.25, 0.3) is 0 Å². The van der Waals surface area contributed by atoms with Crippen molar-refractivity contribution in [1.82, 2.24) is 0 Å². The highest BCUT2D eigenvalue weighted by Crippen LogP contribution is 2.46. The third-order valence-corrected chi connectivity index (χ3v) is 19.2. The van der Waals surface area contributed by atoms with Gasteiger partial charge in [0.15, 0.2) is 18.5 Å². The van der Waals surface area contributed by atoms with Gasteiger partial charge in [-0.3, -0.25) is 4.79 Å². The molecule has 0 unspecified atom stereocenters. The van der Waals surface area contributed by atoms with Gasteiger partial charge in [0, 0.05) is 6.92 Å². The van der Waals surface area contributed by atoms with E-state index in [1.165, 1.54) is 6.92 Å². The summed E-state index contributed by atoms with van der Waals surface area (Å²) in [5, 5.41) is 0. The quantitative estimate of drug-likeness (QED) is 0.0367. The first-order chi connectivity index (χ1) is 34.8. The molecule has 2 fully saturated rings. The van der Waals surface area contributed by atoms with Crippen LogP contribution in [0.4, 0.5) is 0 Å². The largest absolute Gasteiger partial charge is 0.497 e. The zero-order chi connectivity index (χ0) is 51.2. The lowest BCUT2D eigenvalue weighted by atomic mass is 9.97. The lowest BCUT2D eigenvalue weighted by molar-refractivity contribution is -0.342. The van der Waals surface area contributed by atoms with Crippen molar-refractivity contribution in [2.45, 2.75) is 134 Å². The lowest BCUT2D eigenvalue weighted by Crippen LogP contribution is -2.67. The normalized spacial score (nSPS) is 23.3. The molecule has 7 rings (SSSR count). The van der Waals surface area contributed by atoms with Gasteiger partial charge in [0.2, 0.25) is 20.7 Å². The average molecular weight is 1010 g/mol. The first-order valence-electron chi connectivity index (χ1n) is 24.6. The van der Waals surface area contributed by atoms with Crippen molar-refractivity contribution in [3.05, 3.63) is 168 Å². The molecule has 5 aromatic carbocycles. The minimum Gasteiger partial charge on any atom is -0.497 e. The van der Waals surface area contributed by atoms with Gasteiger partial charge in [0.1, 0.15) is 35.9 Å². The minimum absolute atomic E-state index is 0.0266. The highest BCUT2D eigenvalue weighted by Gasteiger charge is 2.57. The molecule has 0 saturated carbocycles. The van der Waals surface area contributed by atoms with E-state index in [1.54, 1.807) is 92.0 Å². The summed E-state index contributed by atoms with van der Waals surface area (Å²) in [5.41, 5.74) is 2.75. The molecule has 0 spiro atoms. The maximum absolute atomic E-state index is 14.2. The van der Waals surface area contributed by atoms with E-state index in [0.29, 0.717) is 11.5 Å². The van der Waals surface area contributed by atoms with Gasteiger partial charge in [-0.15, -0.1) is 0 Å². The molecule has 0 aliphatic carbocycles. The summed E-state index contributed by atoms with van der Waals surface area (Å²) in [6.07, 6.45) is -10.8. The summed E-state index contributed by atoms with van der Waals surface area (Å²) in [6.45, 7) is 14.6. The van der Waals surface area contributed by atoms with Gasteiger partial charge in [-0.25, -0.2) is 9.59 Å². The average Bonchev–Trinajstić information content (AvgIpc) is 3.38. The monoisotopic (exact) mass is 1000 g/mol. The molecule has 384 valence electrons. The molecule has 5 aromatic rings. The molecule has 0 aromatic heterocycles. The van der Waals surface area contributed by atoms with Gasteiger partial charge in [0.05, 0.1) is 44.7 Å². The van der Waals surface area contributed by atoms with Crippen LogP contribution in [-0.4, -0.2) is 102 Å². The number of carbonyl (C=O) groups excluding carboxylic acids is 3. The lowest BCUT2D eigenvalue weighted by Gasteiger charge is -2.52. The summed E-state index contributed by atoms with van der Waals surface area (Å²) < 4.78 is 72.2.